The molecule has 0 N–H and O–H groups in total. The zero-order valence-electron chi connectivity index (χ0n) is 5.91. The highest BCUT2D eigenvalue weighted by molar-refractivity contribution is 5.86. The van der Waals surface area contributed by atoms with Gasteiger partial charge in [0, 0.05) is 0 Å². The van der Waals surface area contributed by atoms with Crippen LogP contribution in [0.15, 0.2) is 36.4 Å². The predicted octanol–water partition coefficient (Wildman–Crippen LogP) is 4.22. The van der Waals surface area contributed by atoms with Gasteiger partial charge in [-0.05, 0) is 0 Å². The third-order valence-electron chi connectivity index (χ3n) is 0.667. The van der Waals surface area contributed by atoms with Gasteiger partial charge in [0.2, 0.25) is 0 Å². The highest BCUT2D eigenvalue weighted by atomic mass is 35.5. The van der Waals surface area contributed by atoms with Gasteiger partial charge in [-0.2, -0.15) is 0 Å². The molecular weight excluding hydrogens is 285 g/mol. The normalized spacial score (nSPS) is 4.00. The van der Waals surface area contributed by atoms with E-state index >= 15 is 0 Å². The summed E-state index contributed by atoms with van der Waals surface area (Å²) in [5.41, 5.74) is 0. The molecule has 0 fully saturated rings. The largest absolute Gasteiger partial charge is 0.147 e. The molecule has 0 nitrogen and oxygen atoms in total. The van der Waals surface area contributed by atoms with Gasteiger partial charge in [0.05, 0.1) is 0 Å². The molecule has 0 bridgehead atoms. The molecule has 0 heterocycles. The van der Waals surface area contributed by atoms with Crippen LogP contribution in [0.4, 0.5) is 0 Å². The van der Waals surface area contributed by atoms with Crippen LogP contribution in [-0.4, -0.2) is 0 Å². The Balaban J connectivity index is -0.0000000150. The average Bonchev–Trinajstić information content (AvgIpc) is 1.72. The van der Waals surface area contributed by atoms with Crippen molar-refractivity contribution in [3.63, 3.8) is 0 Å². The Labute approximate surface area is 110 Å². The maximum absolute atomic E-state index is 2.00. The number of hydrogen-bond donors (Lipinski definition) is 0. The van der Waals surface area contributed by atoms with Gasteiger partial charge in [0.15, 0.2) is 0 Å². The van der Waals surface area contributed by atoms with Crippen LogP contribution in [0.25, 0.3) is 0 Å². The van der Waals surface area contributed by atoms with Crippen LogP contribution in [0, 0.1) is 0 Å². The highest BCUT2D eigenvalue weighted by Gasteiger charge is 1.57. The summed E-state index contributed by atoms with van der Waals surface area (Å²) in [4.78, 5) is 0. The Hall–Kier alpha value is 0.960. The Morgan fingerprint density at radius 2 is 0.333 bits per heavy atom. The van der Waals surface area contributed by atoms with Crippen LogP contribution in [0.2, 0.25) is 0 Å². The summed E-state index contributed by atoms with van der Waals surface area (Å²) in [7, 11) is 0. The molecule has 0 radical (unpaired) electrons. The Kier molecular flexibility index (Phi) is 94.6. The van der Waals surface area contributed by atoms with Crippen molar-refractivity contribution in [1.82, 2.24) is 0 Å². The average molecular weight is 297 g/mol. The van der Waals surface area contributed by atoms with Crippen LogP contribution >= 0.6 is 74.4 Å². The lowest BCUT2D eigenvalue weighted by atomic mass is 10.4. The molecular formula is C6H12Cl6. The minimum atomic E-state index is 0. The SMILES string of the molecule is Cl.Cl.Cl.Cl.Cl.Cl.c1ccccc1. The van der Waals surface area contributed by atoms with Gasteiger partial charge >= 0.3 is 0 Å². The maximum atomic E-state index is 2.00. The second kappa shape index (κ2) is 29.7. The topological polar surface area (TPSA) is 0 Å². The first kappa shape index (κ1) is 38.3. The Morgan fingerprint density at radius 1 is 0.250 bits per heavy atom. The van der Waals surface area contributed by atoms with E-state index in [2.05, 4.69) is 0 Å². The fourth-order valence-electron chi connectivity index (χ4n) is 0.385. The number of benzene rings is 1. The van der Waals surface area contributed by atoms with Gasteiger partial charge in [0.25, 0.3) is 0 Å². The zero-order chi connectivity index (χ0) is 4.24. The van der Waals surface area contributed by atoms with Crippen molar-refractivity contribution in [2.75, 3.05) is 0 Å². The van der Waals surface area contributed by atoms with E-state index < -0.39 is 0 Å². The molecule has 0 aliphatic rings. The lowest BCUT2D eigenvalue weighted by molar-refractivity contribution is 1.72. The molecule has 1 rings (SSSR count). The summed E-state index contributed by atoms with van der Waals surface area (Å²) in [5, 5.41) is 0. The first-order chi connectivity index (χ1) is 3.00. The van der Waals surface area contributed by atoms with Crippen LogP contribution in [0.5, 0.6) is 0 Å². The molecule has 6 heteroatoms. The monoisotopic (exact) mass is 294 g/mol. The first-order valence-corrected chi connectivity index (χ1v) is 2.00. The molecule has 0 saturated heterocycles. The molecule has 0 aliphatic carbocycles. The number of rotatable bonds is 0. The van der Waals surface area contributed by atoms with Gasteiger partial charge in [-0.3, -0.25) is 0 Å². The number of halogens is 6. The number of hydrogen-bond acceptors (Lipinski definition) is 0. The van der Waals surface area contributed by atoms with Crippen molar-refractivity contribution in [3.8, 4) is 0 Å². The first-order valence-electron chi connectivity index (χ1n) is 2.00. The quantitative estimate of drug-likeness (QED) is 0.672. The van der Waals surface area contributed by atoms with Gasteiger partial charge in [-0.25, -0.2) is 0 Å². The van der Waals surface area contributed by atoms with Gasteiger partial charge in [-0.1, -0.05) is 36.4 Å². The van der Waals surface area contributed by atoms with E-state index in [0.29, 0.717) is 0 Å². The highest BCUT2D eigenvalue weighted by Crippen LogP contribution is 1.79. The van der Waals surface area contributed by atoms with Crippen LogP contribution in [0.3, 0.4) is 0 Å². The minimum Gasteiger partial charge on any atom is -0.147 e. The maximum Gasteiger partial charge on any atom is -0.0623 e. The Bertz CT molecular complexity index is 84.0. The second-order valence-corrected chi connectivity index (χ2v) is 1.15. The summed E-state index contributed by atoms with van der Waals surface area (Å²) >= 11 is 0. The third-order valence-corrected chi connectivity index (χ3v) is 0.667. The molecule has 0 atom stereocenters. The molecule has 1 aromatic rings. The van der Waals surface area contributed by atoms with Crippen molar-refractivity contribution < 1.29 is 0 Å². The molecule has 0 aromatic heterocycles. The minimum absolute atomic E-state index is 0. The molecule has 0 spiro atoms. The molecule has 0 saturated carbocycles. The molecule has 78 valence electrons. The Morgan fingerprint density at radius 3 is 0.417 bits per heavy atom. The fourth-order valence-corrected chi connectivity index (χ4v) is 0.385. The predicted molar refractivity (Wildman–Crippen MR) is 69.9 cm³/mol. The van der Waals surface area contributed by atoms with E-state index in [1.165, 1.54) is 0 Å². The van der Waals surface area contributed by atoms with Crippen molar-refractivity contribution in [2.45, 2.75) is 0 Å². The van der Waals surface area contributed by atoms with Crippen LogP contribution < -0.4 is 0 Å². The second-order valence-electron chi connectivity index (χ2n) is 1.15. The summed E-state index contributed by atoms with van der Waals surface area (Å²) < 4.78 is 0. The smallest absolute Gasteiger partial charge is 0.0623 e. The molecule has 0 unspecified atom stereocenters. The van der Waals surface area contributed by atoms with Crippen LogP contribution in [0.1, 0.15) is 0 Å². The molecule has 0 amide bonds. The lowest BCUT2D eigenvalue weighted by Crippen LogP contribution is -1.47. The van der Waals surface area contributed by atoms with Gasteiger partial charge in [0.1, 0.15) is 0 Å². The van der Waals surface area contributed by atoms with E-state index in [1.54, 1.807) is 0 Å². The van der Waals surface area contributed by atoms with E-state index in [4.69, 9.17) is 0 Å². The van der Waals surface area contributed by atoms with Crippen LogP contribution in [-0.2, 0) is 0 Å². The molecule has 1 aromatic carbocycles. The van der Waals surface area contributed by atoms with E-state index in [9.17, 15) is 0 Å². The van der Waals surface area contributed by atoms with Gasteiger partial charge < -0.3 is 0 Å². The van der Waals surface area contributed by atoms with Crippen molar-refractivity contribution in [2.24, 2.45) is 0 Å². The zero-order valence-corrected chi connectivity index (χ0v) is 10.8. The van der Waals surface area contributed by atoms with E-state index in [1.807, 2.05) is 36.4 Å². The molecule has 12 heavy (non-hydrogen) atoms. The third kappa shape index (κ3) is 22.4. The van der Waals surface area contributed by atoms with E-state index in [0.717, 1.165) is 0 Å². The fraction of sp³-hybridized carbons (Fsp3) is 0. The summed E-state index contributed by atoms with van der Waals surface area (Å²) in [6, 6.07) is 12.0. The summed E-state index contributed by atoms with van der Waals surface area (Å²) in [5.74, 6) is 0. The lowest BCUT2D eigenvalue weighted by Gasteiger charge is -1.69. The summed E-state index contributed by atoms with van der Waals surface area (Å²) in [6.45, 7) is 0. The summed E-state index contributed by atoms with van der Waals surface area (Å²) in [6.07, 6.45) is 0. The van der Waals surface area contributed by atoms with Crippen molar-refractivity contribution in [3.05, 3.63) is 36.4 Å². The standard InChI is InChI=1S/C6H6.6ClH/c1-2-4-6-5-3-1;;;;;;/h1-6H;6*1H. The van der Waals surface area contributed by atoms with Crippen molar-refractivity contribution >= 4 is 74.4 Å². The molecule has 0 aliphatic heterocycles. The van der Waals surface area contributed by atoms with Crippen molar-refractivity contribution in [1.29, 1.82) is 0 Å². The van der Waals surface area contributed by atoms with Gasteiger partial charge in [-0.15, -0.1) is 74.4 Å². The van der Waals surface area contributed by atoms with E-state index in [-0.39, 0.29) is 74.4 Å².